The van der Waals surface area contributed by atoms with Crippen LogP contribution in [0.3, 0.4) is 0 Å². The van der Waals surface area contributed by atoms with Crippen LogP contribution in [-0.4, -0.2) is 21.5 Å². The van der Waals surface area contributed by atoms with E-state index in [4.69, 9.17) is 9.26 Å². The lowest BCUT2D eigenvalue weighted by atomic mass is 9.81. The molecule has 4 rings (SSSR count). The second-order valence-electron chi connectivity index (χ2n) is 8.08. The maximum absolute atomic E-state index is 14.9. The van der Waals surface area contributed by atoms with Crippen molar-refractivity contribution >= 4 is 18.7 Å². The van der Waals surface area contributed by atoms with Crippen LogP contribution in [0.5, 0.6) is 5.75 Å². The molecule has 1 aromatic heterocycles. The minimum atomic E-state index is -4.78. The molecule has 7 nitrogen and oxygen atoms in total. The third-order valence-corrected chi connectivity index (χ3v) is 6.52. The third-order valence-electron chi connectivity index (χ3n) is 6.07. The van der Waals surface area contributed by atoms with Gasteiger partial charge in [-0.05, 0) is 48.1 Å². The second kappa shape index (κ2) is 9.16. The van der Waals surface area contributed by atoms with Crippen molar-refractivity contribution in [3.63, 3.8) is 0 Å². The first-order valence-electron chi connectivity index (χ1n) is 10.5. The first-order valence-corrected chi connectivity index (χ1v) is 12.0. The predicted octanol–water partition coefficient (Wildman–Crippen LogP) is 4.62. The summed E-state index contributed by atoms with van der Waals surface area (Å²) in [6.45, 7) is -0.524. The number of methoxy groups -OCH3 is 1. The van der Waals surface area contributed by atoms with E-state index >= 15 is 0 Å². The van der Waals surface area contributed by atoms with Gasteiger partial charge in [-0.25, -0.2) is 8.96 Å². The van der Waals surface area contributed by atoms with Crippen LogP contribution in [0, 0.1) is 11.7 Å². The quantitative estimate of drug-likeness (QED) is 0.475. The van der Waals surface area contributed by atoms with Crippen LogP contribution in [0.4, 0.5) is 4.39 Å². The predicted molar refractivity (Wildman–Crippen MR) is 119 cm³/mol. The topological polar surface area (TPSA) is 98.0 Å². The molecule has 0 spiro atoms. The van der Waals surface area contributed by atoms with Gasteiger partial charge in [0, 0.05) is 11.8 Å². The molecule has 1 heterocycles. The molecule has 1 aliphatic rings. The number of hydrogen-bond acceptors (Lipinski definition) is 4. The molecule has 2 aromatic carbocycles. The standard InChI is InChI=1S/C23H25FNO6P/c1-30-18-10-7-16(8-11-18)19-13-25(14-31-32(27,28)29)22-17(6-5-15-3-2-4-15)9-12-20(24)21(22)23(19)26/h7-13,15H,2-6,14H2,1H3,(H2,27,28,29). The number of phosphoric acid groups is 1. The average molecular weight is 461 g/mol. The molecule has 2 N–H and O–H groups in total. The summed E-state index contributed by atoms with van der Waals surface area (Å²) in [6.07, 6.45) is 6.55. The Morgan fingerprint density at radius 1 is 1.16 bits per heavy atom. The van der Waals surface area contributed by atoms with Crippen molar-refractivity contribution < 1.29 is 28.0 Å². The number of pyridine rings is 1. The first-order chi connectivity index (χ1) is 15.3. The van der Waals surface area contributed by atoms with Crippen molar-refractivity contribution in [3.05, 3.63) is 64.2 Å². The van der Waals surface area contributed by atoms with Crippen molar-refractivity contribution in [2.24, 2.45) is 5.92 Å². The molecule has 9 heteroatoms. The molecule has 1 fully saturated rings. The van der Waals surface area contributed by atoms with Crippen molar-refractivity contribution in [1.29, 1.82) is 0 Å². The van der Waals surface area contributed by atoms with E-state index in [-0.39, 0.29) is 10.9 Å². The molecule has 0 bridgehead atoms. The molecule has 32 heavy (non-hydrogen) atoms. The Balaban J connectivity index is 1.88. The van der Waals surface area contributed by atoms with E-state index in [1.54, 1.807) is 30.3 Å². The average Bonchev–Trinajstić information content (AvgIpc) is 2.73. The van der Waals surface area contributed by atoms with Gasteiger partial charge in [-0.3, -0.25) is 9.32 Å². The van der Waals surface area contributed by atoms with Crippen LogP contribution in [0.25, 0.3) is 22.0 Å². The highest BCUT2D eigenvalue weighted by molar-refractivity contribution is 7.46. The summed E-state index contributed by atoms with van der Waals surface area (Å²) in [5, 5.41) is -0.112. The highest BCUT2D eigenvalue weighted by Crippen LogP contribution is 2.37. The van der Waals surface area contributed by atoms with Crippen LogP contribution >= 0.6 is 7.82 Å². The van der Waals surface area contributed by atoms with Crippen molar-refractivity contribution in [2.75, 3.05) is 7.11 Å². The highest BCUT2D eigenvalue weighted by Gasteiger charge is 2.22. The third kappa shape index (κ3) is 4.79. The number of ether oxygens (including phenoxy) is 1. The first kappa shape index (κ1) is 22.7. The maximum Gasteiger partial charge on any atom is 0.471 e. The number of benzene rings is 2. The molecule has 0 unspecified atom stereocenters. The van der Waals surface area contributed by atoms with Gasteiger partial charge in [-0.1, -0.05) is 37.5 Å². The summed E-state index contributed by atoms with van der Waals surface area (Å²) in [5.41, 5.74) is 1.30. The molecule has 1 aliphatic carbocycles. The minimum absolute atomic E-state index is 0.112. The number of nitrogens with zero attached hydrogens (tertiary/aromatic N) is 1. The Bertz CT molecular complexity index is 1230. The molecule has 3 aromatic rings. The van der Waals surface area contributed by atoms with Crippen molar-refractivity contribution in [3.8, 4) is 16.9 Å². The number of hydrogen-bond donors (Lipinski definition) is 2. The summed E-state index contributed by atoms with van der Waals surface area (Å²) in [7, 11) is -3.26. The SMILES string of the molecule is COc1ccc(-c2cn(COP(=O)(O)O)c3c(CCC4CCC4)ccc(F)c3c2=O)cc1. The van der Waals surface area contributed by atoms with Crippen LogP contribution < -0.4 is 10.2 Å². The van der Waals surface area contributed by atoms with Gasteiger partial charge in [0.1, 0.15) is 18.3 Å². The van der Waals surface area contributed by atoms with E-state index in [2.05, 4.69) is 0 Å². The normalized spacial score (nSPS) is 14.5. The van der Waals surface area contributed by atoms with Gasteiger partial charge in [0.2, 0.25) is 0 Å². The van der Waals surface area contributed by atoms with Gasteiger partial charge in [0.15, 0.2) is 5.43 Å². The summed E-state index contributed by atoms with van der Waals surface area (Å²) in [5.74, 6) is 0.530. The minimum Gasteiger partial charge on any atom is -0.497 e. The second-order valence-corrected chi connectivity index (χ2v) is 9.32. The number of aryl methyl sites for hydroxylation is 1. The lowest BCUT2D eigenvalue weighted by Crippen LogP contribution is -2.17. The van der Waals surface area contributed by atoms with Gasteiger partial charge < -0.3 is 19.1 Å². The van der Waals surface area contributed by atoms with Gasteiger partial charge in [-0.15, -0.1) is 0 Å². The summed E-state index contributed by atoms with van der Waals surface area (Å²) in [4.78, 5) is 31.8. The zero-order valence-corrected chi connectivity index (χ0v) is 18.6. The number of phosphoric ester groups is 1. The van der Waals surface area contributed by atoms with Crippen LogP contribution in [0.15, 0.2) is 47.4 Å². The van der Waals surface area contributed by atoms with E-state index in [1.165, 1.54) is 30.4 Å². The number of rotatable bonds is 8. The van der Waals surface area contributed by atoms with Crippen LogP contribution in [-0.2, 0) is 22.2 Å². The molecule has 0 saturated heterocycles. The lowest BCUT2D eigenvalue weighted by molar-refractivity contribution is 0.156. The number of aromatic nitrogens is 1. The Morgan fingerprint density at radius 2 is 1.88 bits per heavy atom. The largest absolute Gasteiger partial charge is 0.497 e. The lowest BCUT2D eigenvalue weighted by Gasteiger charge is -2.25. The van der Waals surface area contributed by atoms with Gasteiger partial charge in [0.25, 0.3) is 0 Å². The molecule has 0 aliphatic heterocycles. The van der Waals surface area contributed by atoms with E-state index in [9.17, 15) is 23.5 Å². The van der Waals surface area contributed by atoms with Crippen LogP contribution in [0.2, 0.25) is 0 Å². The zero-order valence-electron chi connectivity index (χ0n) is 17.7. The summed E-state index contributed by atoms with van der Waals surface area (Å²) < 4.78 is 37.6. The number of halogens is 1. The molecule has 1 saturated carbocycles. The van der Waals surface area contributed by atoms with Gasteiger partial charge in [-0.2, -0.15) is 0 Å². The Morgan fingerprint density at radius 3 is 2.47 bits per heavy atom. The highest BCUT2D eigenvalue weighted by atomic mass is 31.2. The van der Waals surface area contributed by atoms with E-state index in [1.807, 2.05) is 0 Å². The zero-order chi connectivity index (χ0) is 22.9. The van der Waals surface area contributed by atoms with Gasteiger partial charge in [0.05, 0.1) is 18.0 Å². The fourth-order valence-corrected chi connectivity index (χ4v) is 4.40. The fraction of sp³-hybridized carbons (Fsp3) is 0.348. The monoisotopic (exact) mass is 461 g/mol. The Labute approximate surface area is 184 Å². The van der Waals surface area contributed by atoms with Gasteiger partial charge >= 0.3 is 7.82 Å². The van der Waals surface area contributed by atoms with E-state index in [0.717, 1.165) is 24.8 Å². The fourth-order valence-electron chi connectivity index (χ4n) is 4.13. The molecular weight excluding hydrogens is 436 g/mol. The smallest absolute Gasteiger partial charge is 0.471 e. The van der Waals surface area contributed by atoms with Crippen molar-refractivity contribution in [2.45, 2.75) is 38.8 Å². The molecule has 0 amide bonds. The van der Waals surface area contributed by atoms with E-state index < -0.39 is 25.8 Å². The van der Waals surface area contributed by atoms with Crippen LogP contribution in [0.1, 0.15) is 31.2 Å². The molecule has 0 atom stereocenters. The van der Waals surface area contributed by atoms with Crippen molar-refractivity contribution in [1.82, 2.24) is 4.57 Å². The Hall–Kier alpha value is -2.51. The molecular formula is C23H25FNO6P. The molecule has 0 radical (unpaired) electrons. The molecule has 170 valence electrons. The Kier molecular flexibility index (Phi) is 6.49. The number of fused-ring (bicyclic) bond motifs is 1. The van der Waals surface area contributed by atoms with E-state index in [0.29, 0.717) is 29.2 Å². The summed E-state index contributed by atoms with van der Waals surface area (Å²) >= 11 is 0. The maximum atomic E-state index is 14.9. The summed E-state index contributed by atoms with van der Waals surface area (Å²) in [6, 6.07) is 9.63.